The highest BCUT2D eigenvalue weighted by atomic mass is 14.9. The molecule has 2 N–H and O–H groups in total. The molecule has 0 aliphatic rings. The Balaban J connectivity index is 2.27. The number of benzene rings is 1. The molecule has 1 rings (SSSR count). The standard InChI is InChI=1S/C16H28N2/c1-13(2)16(11-17-4)12-18-10-9-15-8-6-5-7-14(15)3/h5-8,13,16-18H,9-12H2,1-4H3. The SMILES string of the molecule is CNCC(CNCCc1ccccc1C)C(C)C. The van der Waals surface area contributed by atoms with Crippen molar-refractivity contribution >= 4 is 0 Å². The van der Waals surface area contributed by atoms with Crippen molar-refractivity contribution in [2.45, 2.75) is 27.2 Å². The molecule has 0 fully saturated rings. The van der Waals surface area contributed by atoms with Gasteiger partial charge >= 0.3 is 0 Å². The van der Waals surface area contributed by atoms with Crippen molar-refractivity contribution in [1.29, 1.82) is 0 Å². The average molecular weight is 248 g/mol. The fourth-order valence-corrected chi connectivity index (χ4v) is 2.21. The zero-order valence-corrected chi connectivity index (χ0v) is 12.3. The van der Waals surface area contributed by atoms with Crippen LogP contribution in [0, 0.1) is 18.8 Å². The van der Waals surface area contributed by atoms with E-state index >= 15 is 0 Å². The molecule has 1 atom stereocenters. The van der Waals surface area contributed by atoms with Gasteiger partial charge in [0.2, 0.25) is 0 Å². The molecular formula is C16H28N2. The van der Waals surface area contributed by atoms with Gasteiger partial charge in [0.15, 0.2) is 0 Å². The van der Waals surface area contributed by atoms with Crippen LogP contribution in [0.5, 0.6) is 0 Å². The Kier molecular flexibility index (Phi) is 6.99. The second-order valence-electron chi connectivity index (χ2n) is 5.44. The minimum Gasteiger partial charge on any atom is -0.319 e. The molecule has 102 valence electrons. The smallest absolute Gasteiger partial charge is 0.000580 e. The van der Waals surface area contributed by atoms with E-state index in [4.69, 9.17) is 0 Å². The molecule has 1 aromatic rings. The highest BCUT2D eigenvalue weighted by molar-refractivity contribution is 5.25. The molecule has 0 spiro atoms. The lowest BCUT2D eigenvalue weighted by Gasteiger charge is -2.21. The van der Waals surface area contributed by atoms with Gasteiger partial charge in [-0.25, -0.2) is 0 Å². The van der Waals surface area contributed by atoms with E-state index in [-0.39, 0.29) is 0 Å². The molecule has 0 aliphatic carbocycles. The van der Waals surface area contributed by atoms with Crippen molar-refractivity contribution in [2.75, 3.05) is 26.7 Å². The lowest BCUT2D eigenvalue weighted by atomic mass is 9.95. The molecule has 1 aromatic carbocycles. The molecule has 2 heteroatoms. The quantitative estimate of drug-likeness (QED) is 0.691. The fraction of sp³-hybridized carbons (Fsp3) is 0.625. The molecular weight excluding hydrogens is 220 g/mol. The normalized spacial score (nSPS) is 12.9. The van der Waals surface area contributed by atoms with Crippen LogP contribution in [0.2, 0.25) is 0 Å². The first-order valence-corrected chi connectivity index (χ1v) is 7.05. The highest BCUT2D eigenvalue weighted by Crippen LogP contribution is 2.09. The van der Waals surface area contributed by atoms with Crippen LogP contribution in [0.3, 0.4) is 0 Å². The number of rotatable bonds is 8. The molecule has 0 aliphatic heterocycles. The van der Waals surface area contributed by atoms with E-state index in [1.807, 2.05) is 7.05 Å². The van der Waals surface area contributed by atoms with E-state index in [0.717, 1.165) is 32.0 Å². The topological polar surface area (TPSA) is 24.1 Å². The molecule has 0 heterocycles. The van der Waals surface area contributed by atoms with E-state index in [1.165, 1.54) is 11.1 Å². The molecule has 18 heavy (non-hydrogen) atoms. The number of nitrogens with one attached hydrogen (secondary N) is 2. The van der Waals surface area contributed by atoms with Gasteiger partial charge in [0.05, 0.1) is 0 Å². The van der Waals surface area contributed by atoms with E-state index in [2.05, 4.69) is 55.7 Å². The summed E-state index contributed by atoms with van der Waals surface area (Å²) in [7, 11) is 2.03. The lowest BCUT2D eigenvalue weighted by molar-refractivity contribution is 0.354. The summed E-state index contributed by atoms with van der Waals surface area (Å²) in [6.07, 6.45) is 1.12. The number of hydrogen-bond acceptors (Lipinski definition) is 2. The average Bonchev–Trinajstić information content (AvgIpc) is 2.35. The largest absolute Gasteiger partial charge is 0.319 e. The number of hydrogen-bond donors (Lipinski definition) is 2. The minimum absolute atomic E-state index is 0.715. The van der Waals surface area contributed by atoms with Gasteiger partial charge in [0.1, 0.15) is 0 Å². The third kappa shape index (κ3) is 5.19. The Morgan fingerprint density at radius 2 is 1.83 bits per heavy atom. The van der Waals surface area contributed by atoms with Crippen molar-refractivity contribution in [3.8, 4) is 0 Å². The van der Waals surface area contributed by atoms with Crippen molar-refractivity contribution in [1.82, 2.24) is 10.6 Å². The van der Waals surface area contributed by atoms with Gasteiger partial charge in [-0.15, -0.1) is 0 Å². The molecule has 0 amide bonds. The summed E-state index contributed by atoms with van der Waals surface area (Å²) in [5, 5.41) is 6.86. The second-order valence-corrected chi connectivity index (χ2v) is 5.44. The van der Waals surface area contributed by atoms with Crippen molar-refractivity contribution in [2.24, 2.45) is 11.8 Å². The Morgan fingerprint density at radius 3 is 2.44 bits per heavy atom. The first-order chi connectivity index (χ1) is 8.65. The molecule has 0 radical (unpaired) electrons. The van der Waals surface area contributed by atoms with Gasteiger partial charge in [-0.2, -0.15) is 0 Å². The van der Waals surface area contributed by atoms with Crippen molar-refractivity contribution in [3.05, 3.63) is 35.4 Å². The van der Waals surface area contributed by atoms with Gasteiger partial charge in [0, 0.05) is 0 Å². The maximum atomic E-state index is 3.59. The maximum absolute atomic E-state index is 3.59. The molecule has 1 unspecified atom stereocenters. The summed E-state index contributed by atoms with van der Waals surface area (Å²) in [5.74, 6) is 1.44. The van der Waals surface area contributed by atoms with Crippen LogP contribution < -0.4 is 10.6 Å². The zero-order chi connectivity index (χ0) is 13.4. The predicted octanol–water partition coefficient (Wildman–Crippen LogP) is 2.62. The summed E-state index contributed by atoms with van der Waals surface area (Å²) in [6, 6.07) is 8.64. The highest BCUT2D eigenvalue weighted by Gasteiger charge is 2.11. The first-order valence-electron chi connectivity index (χ1n) is 7.05. The van der Waals surface area contributed by atoms with Gasteiger partial charge < -0.3 is 10.6 Å². The number of aryl methyl sites for hydroxylation is 1. The second kappa shape index (κ2) is 8.28. The van der Waals surface area contributed by atoms with Crippen molar-refractivity contribution in [3.63, 3.8) is 0 Å². The third-order valence-electron chi connectivity index (χ3n) is 3.65. The van der Waals surface area contributed by atoms with Gasteiger partial charge in [-0.05, 0) is 63.0 Å². The van der Waals surface area contributed by atoms with E-state index in [9.17, 15) is 0 Å². The van der Waals surface area contributed by atoms with Gasteiger partial charge in [-0.3, -0.25) is 0 Å². The minimum atomic E-state index is 0.715. The molecule has 0 saturated heterocycles. The van der Waals surface area contributed by atoms with Gasteiger partial charge in [-0.1, -0.05) is 38.1 Å². The summed E-state index contributed by atoms with van der Waals surface area (Å²) < 4.78 is 0. The molecule has 0 saturated carbocycles. The summed E-state index contributed by atoms with van der Waals surface area (Å²) >= 11 is 0. The first kappa shape index (κ1) is 15.2. The van der Waals surface area contributed by atoms with E-state index in [1.54, 1.807) is 0 Å². The van der Waals surface area contributed by atoms with Crippen LogP contribution in [-0.2, 0) is 6.42 Å². The van der Waals surface area contributed by atoms with Crippen LogP contribution >= 0.6 is 0 Å². The summed E-state index contributed by atoms with van der Waals surface area (Å²) in [6.45, 7) is 10.0. The fourth-order valence-electron chi connectivity index (χ4n) is 2.21. The van der Waals surface area contributed by atoms with Gasteiger partial charge in [0.25, 0.3) is 0 Å². The van der Waals surface area contributed by atoms with E-state index in [0.29, 0.717) is 5.92 Å². The van der Waals surface area contributed by atoms with Crippen LogP contribution in [0.4, 0.5) is 0 Å². The van der Waals surface area contributed by atoms with Crippen molar-refractivity contribution < 1.29 is 0 Å². The Labute approximate surface area is 112 Å². The summed E-state index contributed by atoms with van der Waals surface area (Å²) in [4.78, 5) is 0. The van der Waals surface area contributed by atoms with Crippen LogP contribution in [0.1, 0.15) is 25.0 Å². The Morgan fingerprint density at radius 1 is 1.11 bits per heavy atom. The Bertz CT molecular complexity index is 334. The van der Waals surface area contributed by atoms with Crippen LogP contribution in [0.25, 0.3) is 0 Å². The molecule has 2 nitrogen and oxygen atoms in total. The molecule has 0 bridgehead atoms. The Hall–Kier alpha value is -0.860. The monoisotopic (exact) mass is 248 g/mol. The van der Waals surface area contributed by atoms with Crippen LogP contribution in [-0.4, -0.2) is 26.7 Å². The van der Waals surface area contributed by atoms with Crippen LogP contribution in [0.15, 0.2) is 24.3 Å². The lowest BCUT2D eigenvalue weighted by Crippen LogP contribution is -2.34. The summed E-state index contributed by atoms with van der Waals surface area (Å²) in [5.41, 5.74) is 2.86. The predicted molar refractivity (Wildman–Crippen MR) is 80.0 cm³/mol. The maximum Gasteiger partial charge on any atom is -0.000580 e. The molecule has 0 aromatic heterocycles. The van der Waals surface area contributed by atoms with E-state index < -0.39 is 0 Å². The zero-order valence-electron chi connectivity index (χ0n) is 12.3. The third-order valence-corrected chi connectivity index (χ3v) is 3.65.